The van der Waals surface area contributed by atoms with Gasteiger partial charge in [-0.15, -0.1) is 0 Å². The summed E-state index contributed by atoms with van der Waals surface area (Å²) in [5.41, 5.74) is 19.3. The number of hydrogen-bond donors (Lipinski definition) is 1. The van der Waals surface area contributed by atoms with Crippen LogP contribution in [0, 0.1) is 11.8 Å². The van der Waals surface area contributed by atoms with E-state index in [0.717, 1.165) is 153 Å². The minimum absolute atomic E-state index is 0.0334. The highest BCUT2D eigenvalue weighted by atomic mass is 16.5. The lowest BCUT2D eigenvalue weighted by Gasteiger charge is -2.29. The highest BCUT2D eigenvalue weighted by molar-refractivity contribution is 6.11. The van der Waals surface area contributed by atoms with Gasteiger partial charge in [0.15, 0.2) is 23.1 Å². The fourth-order valence-corrected chi connectivity index (χ4v) is 22.4. The first-order valence-electron chi connectivity index (χ1n) is 50.6. The summed E-state index contributed by atoms with van der Waals surface area (Å²) in [5, 5.41) is 0. The Morgan fingerprint density at radius 2 is 0.745 bits per heavy atom. The molecule has 4 aromatic heterocycles. The number of imidazole rings is 3. The Bertz CT molecular complexity index is 7190. The van der Waals surface area contributed by atoms with Crippen LogP contribution in [0.15, 0.2) is 219 Å². The highest BCUT2D eigenvalue weighted by Gasteiger charge is 2.46. The number of morpholine rings is 1. The maximum absolute atomic E-state index is 13.1. The van der Waals surface area contributed by atoms with Gasteiger partial charge in [0, 0.05) is 147 Å². The van der Waals surface area contributed by atoms with Crippen molar-refractivity contribution in [3.8, 4) is 23.0 Å². The number of benzene rings is 9. The van der Waals surface area contributed by atoms with Gasteiger partial charge in [-0.05, 0) is 163 Å². The second kappa shape index (κ2) is 42.5. The maximum Gasteiger partial charge on any atom is 0.255 e. The Labute approximate surface area is 838 Å². The Hall–Kier alpha value is -15.1. The van der Waals surface area contributed by atoms with E-state index in [-0.39, 0.29) is 95.6 Å². The first-order valence-corrected chi connectivity index (χ1v) is 50.6. The summed E-state index contributed by atoms with van der Waals surface area (Å²) in [6.07, 6.45) is 13.8. The summed E-state index contributed by atoms with van der Waals surface area (Å²) in [5.74, 6) is 4.89. The van der Waals surface area contributed by atoms with Gasteiger partial charge in [-0.2, -0.15) is 0 Å². The molecule has 29 nitrogen and oxygen atoms in total. The number of aryl methyl sites for hydroxylation is 1. The van der Waals surface area contributed by atoms with Crippen molar-refractivity contribution in [1.82, 2.24) is 58.3 Å². The van der Waals surface area contributed by atoms with Crippen LogP contribution in [0.25, 0.3) is 27.7 Å². The number of carbonyl (C=O) groups is 12. The van der Waals surface area contributed by atoms with Gasteiger partial charge in [-0.1, -0.05) is 140 Å². The summed E-state index contributed by atoms with van der Waals surface area (Å²) >= 11 is 0. The standard InChI is InChI=1S/C30H27N3O4.C30H34N2O4.C29H25N3O4.C27H28N4O5/c1-32-25-7-3-2-6-24(25)31-29(32)15-19-9-11-20(12-10-19)18-37-28-8-4-5-22-23(28)17-33(30(22)36)26-14-13-21(34)16-27(26)35;33-24-12-13-27(28(34)14-24)32-18-26-25(30(32)35)6-3-7-29(26)36-19-21-10-8-20(9-11-21)15-31-16-22-4-1-2-5-23(22)17-31;33-20-12-13-25(26(34)15-20)32-16-22-21(29(32)35)4-3-7-27(22)36-17-19-10-8-18(9-11-19)14-28-30-23-5-1-2-6-24(23)31-28;32-20-5-6-23(24(33)12-20)31-16-22-21(27(31)34)2-1-3-25(22)36-17-18-4-7-26-28-19(15-30(26)13-18)14-29-8-10-35-11-9-29/h2-12,26H,13-18H2,1H3;3,6-11,22-23,27H,1-2,4-5,12-19H2;1-11,25H,12-17H2,(H,30,31);1-4,7,13,15,23H,5-6,8-12,14,16-17H2/t;22-,23+,27?;;. The predicted octanol–water partition coefficient (Wildman–Crippen LogP) is 15.7. The third kappa shape index (κ3) is 21.2. The molecule has 4 unspecified atom stereocenters. The number of hydrogen-bond acceptors (Lipinski definition) is 22. The molecular weight excluding hydrogens is 1830 g/mol. The van der Waals surface area contributed by atoms with Crippen molar-refractivity contribution in [2.75, 3.05) is 39.4 Å². The number of para-hydroxylation sites is 4. The zero-order chi connectivity index (χ0) is 99.5. The van der Waals surface area contributed by atoms with E-state index in [4.69, 9.17) is 33.7 Å². The summed E-state index contributed by atoms with van der Waals surface area (Å²) in [6, 6.07) is 65.0. The molecule has 24 rings (SSSR count). The van der Waals surface area contributed by atoms with Gasteiger partial charge < -0.3 is 57.2 Å². The largest absolute Gasteiger partial charge is 0.489 e. The van der Waals surface area contributed by atoms with Crippen molar-refractivity contribution in [2.45, 2.75) is 205 Å². The SMILES string of the molecule is Cn1c(Cc2ccc(COc3cccc4c3CN(C3CCC(=O)CC3=O)C4=O)cc2)nc2ccccc21.O=C1CCC(N2Cc3c(OCc4ccc(CN5C[C@H]6CCCC[C@H]6C5)cc4)cccc3C2=O)C(=O)C1.O=C1CCC(N2Cc3c(OCc4ccc(Cc5nc6ccccc6[nH]5)cc4)cccc3C2=O)C(=O)C1.O=C1CCC(N2Cc3c(OCc4ccc5nc(CN6CCOCC6)cn5c4)cccc3C2=O)C(=O)C1. The molecule has 4 amide bonds. The van der Waals surface area contributed by atoms with Crippen LogP contribution in [0.2, 0.25) is 0 Å². The number of nitrogens with one attached hydrogen (secondary N) is 1. The van der Waals surface area contributed by atoms with Crippen LogP contribution in [0.4, 0.5) is 0 Å². The summed E-state index contributed by atoms with van der Waals surface area (Å²) in [4.78, 5) is 177. The van der Waals surface area contributed by atoms with Crippen molar-refractivity contribution in [2.24, 2.45) is 18.9 Å². The number of likely N-dealkylation sites (tertiary alicyclic amines) is 1. The summed E-state index contributed by atoms with van der Waals surface area (Å²) in [6.45, 7) is 10.5. The number of ether oxygens (including phenoxy) is 5. The zero-order valence-electron chi connectivity index (χ0n) is 81.1. The molecular formula is C116H114N12O17. The van der Waals surface area contributed by atoms with E-state index < -0.39 is 24.2 Å². The number of nitrogens with zero attached hydrogens (tertiary/aromatic N) is 11. The molecule has 5 saturated carbocycles. The van der Waals surface area contributed by atoms with Crippen LogP contribution in [0.3, 0.4) is 0 Å². The Morgan fingerprint density at radius 1 is 0.359 bits per heavy atom. The minimum Gasteiger partial charge on any atom is -0.489 e. The van der Waals surface area contributed by atoms with E-state index in [1.165, 1.54) is 49.9 Å². The Balaban J connectivity index is 0.000000114. The smallest absolute Gasteiger partial charge is 0.255 e. The van der Waals surface area contributed by atoms with Gasteiger partial charge in [0.2, 0.25) is 0 Å². The lowest BCUT2D eigenvalue weighted by molar-refractivity contribution is -0.134. The van der Waals surface area contributed by atoms with E-state index in [1.807, 2.05) is 121 Å². The number of H-pyrrole nitrogens is 1. The van der Waals surface area contributed by atoms with Crippen LogP contribution in [-0.4, -0.2) is 192 Å². The number of amides is 4. The van der Waals surface area contributed by atoms with E-state index >= 15 is 0 Å². The molecule has 10 heterocycles. The molecule has 740 valence electrons. The average Bonchev–Trinajstić information content (AvgIpc) is 1.63. The van der Waals surface area contributed by atoms with E-state index in [1.54, 1.807) is 56.0 Å². The third-order valence-electron chi connectivity index (χ3n) is 30.3. The second-order valence-corrected chi connectivity index (χ2v) is 40.0. The summed E-state index contributed by atoms with van der Waals surface area (Å²) in [7, 11) is 2.04. The van der Waals surface area contributed by atoms with Gasteiger partial charge in [0.1, 0.15) is 89.9 Å². The van der Waals surface area contributed by atoms with Crippen LogP contribution in [-0.2, 0) is 129 Å². The van der Waals surface area contributed by atoms with Crippen LogP contribution >= 0.6 is 0 Å². The molecule has 7 fully saturated rings. The summed E-state index contributed by atoms with van der Waals surface area (Å²) < 4.78 is 34.2. The molecule has 145 heavy (non-hydrogen) atoms. The lowest BCUT2D eigenvalue weighted by Crippen LogP contribution is -2.44. The van der Waals surface area contributed by atoms with E-state index in [0.29, 0.717) is 156 Å². The quantitative estimate of drug-likeness (QED) is 0.0549. The molecule has 2 saturated heterocycles. The third-order valence-corrected chi connectivity index (χ3v) is 30.3. The monoisotopic (exact) mass is 1950 g/mol. The minimum atomic E-state index is -0.536. The van der Waals surface area contributed by atoms with E-state index in [2.05, 4.69) is 97.3 Å². The number of pyridine rings is 1. The Kier molecular flexibility index (Phi) is 28.1. The number of rotatable bonds is 24. The number of carbonyl (C=O) groups excluding carboxylic acids is 12. The molecule has 11 aliphatic rings. The molecule has 0 radical (unpaired) electrons. The van der Waals surface area contributed by atoms with Gasteiger partial charge >= 0.3 is 0 Å². The molecule has 29 heteroatoms. The molecule has 1 N–H and O–H groups in total. The van der Waals surface area contributed by atoms with Gasteiger partial charge in [0.05, 0.1) is 117 Å². The number of aromatic nitrogens is 6. The molecule has 0 bridgehead atoms. The molecule has 5 aliphatic carbocycles. The zero-order valence-corrected chi connectivity index (χ0v) is 81.1. The van der Waals surface area contributed by atoms with Crippen molar-refractivity contribution >= 4 is 97.6 Å². The maximum atomic E-state index is 13.1. The molecule has 0 spiro atoms. The topological polar surface area (TPSA) is 334 Å². The number of aromatic amines is 1. The molecule has 6 aliphatic heterocycles. The Morgan fingerprint density at radius 3 is 1.17 bits per heavy atom. The second-order valence-electron chi connectivity index (χ2n) is 40.0. The van der Waals surface area contributed by atoms with Crippen LogP contribution in [0.5, 0.6) is 23.0 Å². The van der Waals surface area contributed by atoms with Gasteiger partial charge in [-0.25, -0.2) is 15.0 Å². The average molecular weight is 1950 g/mol. The van der Waals surface area contributed by atoms with Crippen molar-refractivity contribution in [3.63, 3.8) is 0 Å². The normalized spacial score (nSPS) is 20.5. The van der Waals surface area contributed by atoms with E-state index in [9.17, 15) is 57.5 Å². The lowest BCUT2D eigenvalue weighted by atomic mass is 9.82. The fourth-order valence-electron chi connectivity index (χ4n) is 22.4. The predicted molar refractivity (Wildman–Crippen MR) is 537 cm³/mol. The molecule has 9 aromatic carbocycles. The van der Waals surface area contributed by atoms with Gasteiger partial charge in [-0.3, -0.25) is 67.3 Å². The fraction of sp³-hybridized carbons (Fsp3) is 0.353. The number of ketones is 8. The van der Waals surface area contributed by atoms with Gasteiger partial charge in [0.25, 0.3) is 23.6 Å². The van der Waals surface area contributed by atoms with Crippen molar-refractivity contribution < 1.29 is 81.2 Å². The van der Waals surface area contributed by atoms with Crippen molar-refractivity contribution in [3.05, 3.63) is 319 Å². The highest BCUT2D eigenvalue weighted by Crippen LogP contribution is 2.42. The van der Waals surface area contributed by atoms with Crippen molar-refractivity contribution in [1.29, 1.82) is 0 Å². The van der Waals surface area contributed by atoms with Crippen LogP contribution in [0.1, 0.15) is 223 Å². The first kappa shape index (κ1) is 96.1. The van der Waals surface area contributed by atoms with Crippen LogP contribution < -0.4 is 18.9 Å². The number of Topliss-reactive ketones (excluding diaryl/α,β-unsaturated/α-hetero) is 8. The molecule has 13 aromatic rings. The first-order chi connectivity index (χ1) is 70.6. The molecule has 6 atom stereocenters. The number of fused-ring (bicyclic) bond motifs is 8.